The fraction of sp³-hybridized carbons (Fsp3) is 0.400. The number of allylic oxidation sites excluding steroid dienone is 2. The molecule has 1 fully saturated rings. The van der Waals surface area contributed by atoms with Crippen LogP contribution in [0.25, 0.3) is 0 Å². The molecule has 1 aliphatic heterocycles. The summed E-state index contributed by atoms with van der Waals surface area (Å²) in [6.45, 7) is 2.09. The lowest BCUT2D eigenvalue weighted by Crippen LogP contribution is -2.39. The monoisotopic (exact) mass is 350 g/mol. The van der Waals surface area contributed by atoms with Gasteiger partial charge in [0.15, 0.2) is 0 Å². The smallest absolute Gasteiger partial charge is 0.116 e. The molecule has 1 aliphatic carbocycles. The first-order valence-corrected chi connectivity index (χ1v) is 9.60. The van der Waals surface area contributed by atoms with Gasteiger partial charge in [-0.05, 0) is 30.9 Å². The number of aryl methyl sites for hydroxylation is 1. The van der Waals surface area contributed by atoms with Gasteiger partial charge in [-0.1, -0.05) is 43.5 Å². The lowest BCUT2D eigenvalue weighted by Gasteiger charge is -2.41. The van der Waals surface area contributed by atoms with E-state index in [2.05, 4.69) is 36.5 Å². The maximum absolute atomic E-state index is 9.90. The highest BCUT2D eigenvalue weighted by molar-refractivity contribution is 8.02. The number of thioether (sulfide) groups is 1. The molecule has 5 heteroatoms. The summed E-state index contributed by atoms with van der Waals surface area (Å²) >= 11 is 1.60. The lowest BCUT2D eigenvalue weighted by molar-refractivity contribution is 0.294. The van der Waals surface area contributed by atoms with Crippen LogP contribution in [0.1, 0.15) is 43.2 Å². The van der Waals surface area contributed by atoms with Crippen molar-refractivity contribution in [1.82, 2.24) is 5.32 Å². The second kappa shape index (κ2) is 7.25. The van der Waals surface area contributed by atoms with Crippen LogP contribution in [-0.2, 0) is 5.75 Å². The average molecular weight is 350 g/mol. The Labute approximate surface area is 153 Å². The van der Waals surface area contributed by atoms with Crippen molar-refractivity contribution in [1.29, 1.82) is 10.5 Å². The van der Waals surface area contributed by atoms with E-state index < -0.39 is 5.41 Å². The average Bonchev–Trinajstić information content (AvgIpc) is 2.62. The van der Waals surface area contributed by atoms with E-state index in [9.17, 15) is 10.5 Å². The molecule has 1 aromatic rings. The predicted molar refractivity (Wildman–Crippen MR) is 101 cm³/mol. The predicted octanol–water partition coefficient (Wildman–Crippen LogP) is 4.21. The highest BCUT2D eigenvalue weighted by atomic mass is 32.2. The molecule has 1 saturated carbocycles. The van der Waals surface area contributed by atoms with Crippen molar-refractivity contribution >= 4 is 11.8 Å². The number of nitriles is 2. The minimum Gasteiger partial charge on any atom is -0.384 e. The van der Waals surface area contributed by atoms with Crippen molar-refractivity contribution in [3.05, 3.63) is 57.4 Å². The molecule has 128 valence electrons. The first-order chi connectivity index (χ1) is 12.1. The zero-order chi connectivity index (χ0) is 17.9. The fourth-order valence-electron chi connectivity index (χ4n) is 3.86. The molecular formula is C20H22N4S. The van der Waals surface area contributed by atoms with Crippen LogP contribution >= 0.6 is 11.8 Å². The Morgan fingerprint density at radius 2 is 1.80 bits per heavy atom. The molecule has 0 amide bonds. The molecule has 1 aromatic carbocycles. The Kier molecular flexibility index (Phi) is 5.06. The zero-order valence-electron chi connectivity index (χ0n) is 14.4. The number of hydrogen-bond acceptors (Lipinski definition) is 5. The molecule has 0 saturated heterocycles. The third-order valence-corrected chi connectivity index (χ3v) is 6.32. The maximum Gasteiger partial charge on any atom is 0.116 e. The van der Waals surface area contributed by atoms with Crippen LogP contribution in [0.4, 0.5) is 0 Å². The summed E-state index contributed by atoms with van der Waals surface area (Å²) in [4.78, 5) is 0. The molecule has 0 unspecified atom stereocenters. The van der Waals surface area contributed by atoms with Gasteiger partial charge in [0, 0.05) is 11.2 Å². The summed E-state index contributed by atoms with van der Waals surface area (Å²) in [6, 6.07) is 12.9. The molecule has 25 heavy (non-hydrogen) atoms. The molecule has 3 rings (SSSR count). The Balaban J connectivity index is 1.96. The Hall–Kier alpha value is -2.37. The number of nitrogens with one attached hydrogen (secondary N) is 1. The topological polar surface area (TPSA) is 85.6 Å². The number of benzene rings is 1. The number of rotatable bonds is 3. The summed E-state index contributed by atoms with van der Waals surface area (Å²) in [5.74, 6) is 1.18. The van der Waals surface area contributed by atoms with Crippen LogP contribution in [0.2, 0.25) is 0 Å². The molecule has 1 spiro atoms. The maximum atomic E-state index is 9.90. The summed E-state index contributed by atoms with van der Waals surface area (Å²) in [5, 5.41) is 23.5. The molecule has 0 aromatic heterocycles. The highest BCUT2D eigenvalue weighted by Crippen LogP contribution is 2.52. The third kappa shape index (κ3) is 3.13. The van der Waals surface area contributed by atoms with Crippen molar-refractivity contribution in [2.24, 2.45) is 11.1 Å². The quantitative estimate of drug-likeness (QED) is 0.853. The third-order valence-electron chi connectivity index (χ3n) is 5.27. The number of nitrogens with zero attached hydrogens (tertiary/aromatic N) is 2. The van der Waals surface area contributed by atoms with Gasteiger partial charge in [-0.3, -0.25) is 0 Å². The zero-order valence-corrected chi connectivity index (χ0v) is 15.2. The Morgan fingerprint density at radius 3 is 2.44 bits per heavy atom. The van der Waals surface area contributed by atoms with Gasteiger partial charge in [-0.25, -0.2) is 0 Å². The van der Waals surface area contributed by atoms with Gasteiger partial charge in [-0.15, -0.1) is 11.8 Å². The van der Waals surface area contributed by atoms with E-state index in [0.29, 0.717) is 17.0 Å². The van der Waals surface area contributed by atoms with Gasteiger partial charge in [0.1, 0.15) is 5.82 Å². The van der Waals surface area contributed by atoms with Crippen LogP contribution in [0.5, 0.6) is 0 Å². The minimum atomic E-state index is -0.495. The van der Waals surface area contributed by atoms with E-state index in [1.54, 1.807) is 11.8 Å². The van der Waals surface area contributed by atoms with Crippen molar-refractivity contribution in [2.45, 2.75) is 44.8 Å². The lowest BCUT2D eigenvalue weighted by atomic mass is 9.64. The molecule has 3 N–H and O–H groups in total. The van der Waals surface area contributed by atoms with Gasteiger partial charge in [0.05, 0.1) is 28.3 Å². The van der Waals surface area contributed by atoms with E-state index in [1.165, 1.54) is 11.1 Å². The van der Waals surface area contributed by atoms with Gasteiger partial charge in [0.25, 0.3) is 0 Å². The minimum absolute atomic E-state index is 0.413. The fourth-order valence-corrected chi connectivity index (χ4v) is 5.05. The molecule has 0 atom stereocenters. The standard InChI is InChI=1S/C20H22N4S/c1-14-7-3-4-8-15(14)13-25-19-17(12-22)20(9-5-2-6-10-20)16(11-21)18(23)24-19/h3-4,7-8,24H,2,5-6,9-10,13,23H2,1H3. The molecule has 2 aliphatic rings. The SMILES string of the molecule is Cc1ccccc1CSC1=C(C#N)C2(CCCCC2)C(C#N)=C(N)N1. The van der Waals surface area contributed by atoms with Crippen LogP contribution in [0, 0.1) is 35.0 Å². The Morgan fingerprint density at radius 1 is 1.12 bits per heavy atom. The van der Waals surface area contributed by atoms with Gasteiger partial charge >= 0.3 is 0 Å². The van der Waals surface area contributed by atoms with E-state index in [1.807, 2.05) is 12.1 Å². The first kappa shape index (κ1) is 17.5. The van der Waals surface area contributed by atoms with Crippen LogP contribution < -0.4 is 11.1 Å². The van der Waals surface area contributed by atoms with Crippen molar-refractivity contribution < 1.29 is 0 Å². The number of hydrogen-bond donors (Lipinski definition) is 2. The van der Waals surface area contributed by atoms with Crippen molar-refractivity contribution in [3.8, 4) is 12.1 Å². The van der Waals surface area contributed by atoms with E-state index >= 15 is 0 Å². The molecule has 4 nitrogen and oxygen atoms in total. The molecule has 1 heterocycles. The largest absolute Gasteiger partial charge is 0.384 e. The van der Waals surface area contributed by atoms with Crippen LogP contribution in [0.15, 0.2) is 46.3 Å². The Bertz CT molecular complexity index is 817. The van der Waals surface area contributed by atoms with Crippen LogP contribution in [-0.4, -0.2) is 0 Å². The number of nitrogens with two attached hydrogens (primary N) is 1. The van der Waals surface area contributed by atoms with E-state index in [0.717, 1.165) is 42.9 Å². The van der Waals surface area contributed by atoms with E-state index in [-0.39, 0.29) is 0 Å². The first-order valence-electron chi connectivity index (χ1n) is 8.62. The summed E-state index contributed by atoms with van der Waals surface area (Å²) in [7, 11) is 0. The normalized spacial score (nSPS) is 19.3. The van der Waals surface area contributed by atoms with Crippen molar-refractivity contribution in [2.75, 3.05) is 0 Å². The second-order valence-electron chi connectivity index (χ2n) is 6.70. The van der Waals surface area contributed by atoms with Crippen molar-refractivity contribution in [3.63, 3.8) is 0 Å². The molecule has 0 radical (unpaired) electrons. The summed E-state index contributed by atoms with van der Waals surface area (Å²) in [6.07, 6.45) is 4.86. The van der Waals surface area contributed by atoms with Gasteiger partial charge in [-0.2, -0.15) is 10.5 Å². The summed E-state index contributed by atoms with van der Waals surface area (Å²) in [5.41, 5.74) is 9.41. The van der Waals surface area contributed by atoms with E-state index in [4.69, 9.17) is 5.73 Å². The number of dihydropyridines is 1. The van der Waals surface area contributed by atoms with Gasteiger partial charge in [0.2, 0.25) is 0 Å². The summed E-state index contributed by atoms with van der Waals surface area (Å²) < 4.78 is 0. The van der Waals surface area contributed by atoms with Crippen LogP contribution in [0.3, 0.4) is 0 Å². The van der Waals surface area contributed by atoms with Gasteiger partial charge < -0.3 is 11.1 Å². The second-order valence-corrected chi connectivity index (χ2v) is 7.68. The molecular weight excluding hydrogens is 328 g/mol. The highest BCUT2D eigenvalue weighted by Gasteiger charge is 2.45. The molecule has 0 bridgehead atoms.